The van der Waals surface area contributed by atoms with E-state index in [9.17, 15) is 0 Å². The van der Waals surface area contributed by atoms with Crippen LogP contribution in [0.1, 0.15) is 25.5 Å². The minimum Gasteiger partial charge on any atom is -0.360 e. The molecule has 0 saturated carbocycles. The van der Waals surface area contributed by atoms with Crippen LogP contribution >= 0.6 is 11.8 Å². The number of hydrogen-bond acceptors (Lipinski definition) is 4. The molecule has 2 heterocycles. The van der Waals surface area contributed by atoms with Crippen molar-refractivity contribution in [1.29, 1.82) is 0 Å². The normalized spacial score (nSPS) is 27.8. The maximum atomic E-state index is 5.04. The highest BCUT2D eigenvalue weighted by atomic mass is 32.2. The Hall–Kier alpha value is -0.480. The molecule has 1 aliphatic heterocycles. The zero-order valence-corrected chi connectivity index (χ0v) is 9.22. The zero-order chi connectivity index (χ0) is 9.80. The van der Waals surface area contributed by atoms with Gasteiger partial charge in [0.05, 0.1) is 12.7 Å². The minimum absolute atomic E-state index is 0.624. The van der Waals surface area contributed by atoms with Crippen LogP contribution in [0.5, 0.6) is 0 Å². The fourth-order valence-corrected chi connectivity index (χ4v) is 2.93. The number of rotatable bonds is 3. The summed E-state index contributed by atoms with van der Waals surface area (Å²) >= 11 is 2.05. The van der Waals surface area contributed by atoms with Gasteiger partial charge in [0, 0.05) is 17.4 Å². The third-order valence-corrected chi connectivity index (χ3v) is 4.02. The van der Waals surface area contributed by atoms with Crippen molar-refractivity contribution < 1.29 is 4.52 Å². The topological polar surface area (TPSA) is 38.1 Å². The molecule has 2 atom stereocenters. The van der Waals surface area contributed by atoms with E-state index < -0.39 is 0 Å². The highest BCUT2D eigenvalue weighted by Crippen LogP contribution is 2.25. The molecular formula is C10H16N2OS. The van der Waals surface area contributed by atoms with Crippen molar-refractivity contribution in [3.8, 4) is 0 Å². The lowest BCUT2D eigenvalue weighted by Crippen LogP contribution is -2.38. The summed E-state index contributed by atoms with van der Waals surface area (Å²) in [5.41, 5.74) is 0. The molecule has 0 spiro atoms. The van der Waals surface area contributed by atoms with Gasteiger partial charge in [-0.15, -0.1) is 0 Å². The quantitative estimate of drug-likeness (QED) is 0.832. The lowest BCUT2D eigenvalue weighted by atomic mass is 10.1. The molecule has 78 valence electrons. The van der Waals surface area contributed by atoms with E-state index in [1.54, 1.807) is 6.20 Å². The van der Waals surface area contributed by atoms with Gasteiger partial charge in [-0.25, -0.2) is 0 Å². The standard InChI is InChI=1S/C10H16N2OS/c1-8-10(3-2-6-14-8)11-7-9-4-5-12-13-9/h4-5,8,10-11H,2-3,6-7H2,1H3. The van der Waals surface area contributed by atoms with Crippen molar-refractivity contribution >= 4 is 11.8 Å². The van der Waals surface area contributed by atoms with Crippen molar-refractivity contribution in [2.75, 3.05) is 5.75 Å². The summed E-state index contributed by atoms with van der Waals surface area (Å²) in [6.07, 6.45) is 4.29. The Bertz CT molecular complexity index is 263. The average Bonchev–Trinajstić information content (AvgIpc) is 2.69. The summed E-state index contributed by atoms with van der Waals surface area (Å²) in [7, 11) is 0. The van der Waals surface area contributed by atoms with E-state index >= 15 is 0 Å². The van der Waals surface area contributed by atoms with Gasteiger partial charge >= 0.3 is 0 Å². The van der Waals surface area contributed by atoms with Crippen LogP contribution in [0.25, 0.3) is 0 Å². The Kier molecular flexibility index (Phi) is 3.48. The van der Waals surface area contributed by atoms with E-state index in [-0.39, 0.29) is 0 Å². The van der Waals surface area contributed by atoms with Crippen molar-refractivity contribution in [2.24, 2.45) is 0 Å². The molecule has 0 bridgehead atoms. The van der Waals surface area contributed by atoms with Gasteiger partial charge in [-0.3, -0.25) is 0 Å². The van der Waals surface area contributed by atoms with Gasteiger partial charge in [-0.1, -0.05) is 12.1 Å². The Labute approximate surface area is 88.6 Å². The molecule has 0 aliphatic carbocycles. The Morgan fingerprint density at radius 1 is 1.71 bits per heavy atom. The van der Waals surface area contributed by atoms with Crippen molar-refractivity contribution in [3.63, 3.8) is 0 Å². The highest BCUT2D eigenvalue weighted by Gasteiger charge is 2.21. The summed E-state index contributed by atoms with van der Waals surface area (Å²) in [6.45, 7) is 3.09. The van der Waals surface area contributed by atoms with Gasteiger partial charge in [-0.2, -0.15) is 11.8 Å². The highest BCUT2D eigenvalue weighted by molar-refractivity contribution is 7.99. The molecule has 0 aromatic carbocycles. The van der Waals surface area contributed by atoms with Gasteiger partial charge in [-0.05, 0) is 18.6 Å². The second-order valence-corrected chi connectivity index (χ2v) is 5.17. The molecule has 1 aliphatic rings. The average molecular weight is 212 g/mol. The van der Waals surface area contributed by atoms with Crippen LogP contribution in [0.3, 0.4) is 0 Å². The molecule has 0 radical (unpaired) electrons. The fourth-order valence-electron chi connectivity index (χ4n) is 1.76. The number of aromatic nitrogens is 1. The molecule has 0 amide bonds. The molecule has 1 aromatic heterocycles. The molecule has 1 aromatic rings. The van der Waals surface area contributed by atoms with Crippen molar-refractivity contribution in [3.05, 3.63) is 18.0 Å². The second-order valence-electron chi connectivity index (χ2n) is 3.68. The van der Waals surface area contributed by atoms with E-state index in [0.29, 0.717) is 11.3 Å². The molecule has 1 saturated heterocycles. The fraction of sp³-hybridized carbons (Fsp3) is 0.700. The first-order chi connectivity index (χ1) is 6.86. The molecule has 4 heteroatoms. The first-order valence-corrected chi connectivity index (χ1v) is 6.15. The predicted octanol–water partition coefficient (Wildman–Crippen LogP) is 2.05. The Balaban J connectivity index is 1.79. The van der Waals surface area contributed by atoms with Gasteiger partial charge < -0.3 is 9.84 Å². The van der Waals surface area contributed by atoms with E-state index in [1.807, 2.05) is 6.07 Å². The second kappa shape index (κ2) is 4.84. The lowest BCUT2D eigenvalue weighted by molar-refractivity contribution is 0.356. The first-order valence-electron chi connectivity index (χ1n) is 5.11. The van der Waals surface area contributed by atoms with Gasteiger partial charge in [0.25, 0.3) is 0 Å². The molecule has 3 nitrogen and oxygen atoms in total. The van der Waals surface area contributed by atoms with Crippen LogP contribution < -0.4 is 5.32 Å². The molecular weight excluding hydrogens is 196 g/mol. The first kappa shape index (κ1) is 10.1. The monoisotopic (exact) mass is 212 g/mol. The van der Waals surface area contributed by atoms with E-state index in [4.69, 9.17) is 4.52 Å². The number of nitrogens with one attached hydrogen (secondary N) is 1. The zero-order valence-electron chi connectivity index (χ0n) is 8.40. The molecule has 14 heavy (non-hydrogen) atoms. The lowest BCUT2D eigenvalue weighted by Gasteiger charge is -2.28. The van der Waals surface area contributed by atoms with Crippen LogP contribution in [-0.4, -0.2) is 22.2 Å². The largest absolute Gasteiger partial charge is 0.360 e. The summed E-state index contributed by atoms with van der Waals surface area (Å²) in [4.78, 5) is 0. The smallest absolute Gasteiger partial charge is 0.150 e. The van der Waals surface area contributed by atoms with Crippen LogP contribution in [0.2, 0.25) is 0 Å². The predicted molar refractivity (Wildman–Crippen MR) is 58.3 cm³/mol. The summed E-state index contributed by atoms with van der Waals surface area (Å²) < 4.78 is 5.04. The van der Waals surface area contributed by atoms with Crippen molar-refractivity contribution in [2.45, 2.75) is 37.6 Å². The van der Waals surface area contributed by atoms with Crippen LogP contribution in [0.15, 0.2) is 16.8 Å². The van der Waals surface area contributed by atoms with Gasteiger partial charge in [0.1, 0.15) is 5.76 Å². The number of thioether (sulfide) groups is 1. The number of hydrogen-bond donors (Lipinski definition) is 1. The van der Waals surface area contributed by atoms with Crippen LogP contribution in [0, 0.1) is 0 Å². The summed E-state index contributed by atoms with van der Waals surface area (Å²) in [6, 6.07) is 2.53. The maximum absolute atomic E-state index is 5.04. The van der Waals surface area contributed by atoms with Crippen LogP contribution in [0.4, 0.5) is 0 Å². The van der Waals surface area contributed by atoms with E-state index in [1.165, 1.54) is 18.6 Å². The van der Waals surface area contributed by atoms with Gasteiger partial charge in [0.2, 0.25) is 0 Å². The molecule has 1 N–H and O–H groups in total. The Morgan fingerprint density at radius 3 is 3.36 bits per heavy atom. The van der Waals surface area contributed by atoms with Crippen molar-refractivity contribution in [1.82, 2.24) is 10.5 Å². The Morgan fingerprint density at radius 2 is 2.64 bits per heavy atom. The van der Waals surface area contributed by atoms with Gasteiger partial charge in [0.15, 0.2) is 0 Å². The third kappa shape index (κ3) is 2.51. The van der Waals surface area contributed by atoms with E-state index in [2.05, 4.69) is 29.2 Å². The molecule has 2 rings (SSSR count). The summed E-state index contributed by atoms with van der Waals surface area (Å²) in [5.74, 6) is 2.23. The minimum atomic E-state index is 0.624. The molecule has 2 unspecified atom stereocenters. The SMILES string of the molecule is CC1SCCCC1NCc1ccno1. The number of nitrogens with zero attached hydrogens (tertiary/aromatic N) is 1. The maximum Gasteiger partial charge on any atom is 0.150 e. The summed E-state index contributed by atoms with van der Waals surface area (Å²) in [5, 5.41) is 7.92. The molecule has 1 fully saturated rings. The third-order valence-electron chi connectivity index (χ3n) is 2.64. The van der Waals surface area contributed by atoms with Crippen LogP contribution in [-0.2, 0) is 6.54 Å². The van der Waals surface area contributed by atoms with E-state index in [0.717, 1.165) is 12.3 Å².